The van der Waals surface area contributed by atoms with E-state index in [1.165, 1.54) is 37.8 Å². The van der Waals surface area contributed by atoms with Crippen molar-refractivity contribution >= 4 is 0 Å². The largest absolute Gasteiger partial charge is 0.375 e. The third-order valence-corrected chi connectivity index (χ3v) is 3.24. The highest BCUT2D eigenvalue weighted by atomic mass is 15.1. The number of nitrogens with zero attached hydrogens (tertiary/aromatic N) is 1. The highest BCUT2D eigenvalue weighted by molar-refractivity contribution is 4.98. The van der Waals surface area contributed by atoms with Crippen LogP contribution in [0.1, 0.15) is 46.0 Å². The summed E-state index contributed by atoms with van der Waals surface area (Å²) in [7, 11) is 2.21. The van der Waals surface area contributed by atoms with E-state index in [1.54, 1.807) is 0 Å². The summed E-state index contributed by atoms with van der Waals surface area (Å²) in [6.07, 6.45) is 6.96. The van der Waals surface area contributed by atoms with Crippen LogP contribution in [0.2, 0.25) is 0 Å². The van der Waals surface area contributed by atoms with E-state index in [0.717, 1.165) is 6.04 Å². The van der Waals surface area contributed by atoms with Crippen LogP contribution in [-0.2, 0) is 0 Å². The van der Waals surface area contributed by atoms with Crippen molar-refractivity contribution in [2.24, 2.45) is 5.92 Å². The molecule has 0 heterocycles. The Bertz CT molecular complexity index is 166. The maximum absolute atomic E-state index is 4.16. The summed E-state index contributed by atoms with van der Waals surface area (Å²) in [5, 5.41) is 0. The fraction of sp³-hybridized carbons (Fsp3) is 0.833. The zero-order chi connectivity index (χ0) is 9.84. The third kappa shape index (κ3) is 2.75. The summed E-state index contributed by atoms with van der Waals surface area (Å²) in [5.74, 6) is 0.590. The molecule has 0 N–H and O–H groups in total. The van der Waals surface area contributed by atoms with Crippen LogP contribution >= 0.6 is 0 Å². The Morgan fingerprint density at radius 1 is 1.23 bits per heavy atom. The molecule has 0 aliphatic heterocycles. The molecule has 0 radical (unpaired) electrons. The predicted octanol–water partition coefficient (Wildman–Crippen LogP) is 3.42. The Morgan fingerprint density at radius 2 is 1.77 bits per heavy atom. The van der Waals surface area contributed by atoms with Crippen molar-refractivity contribution in [1.82, 2.24) is 4.90 Å². The fourth-order valence-electron chi connectivity index (χ4n) is 2.11. The van der Waals surface area contributed by atoms with E-state index < -0.39 is 0 Å². The van der Waals surface area contributed by atoms with E-state index in [2.05, 4.69) is 32.4 Å². The molecule has 1 saturated carbocycles. The van der Waals surface area contributed by atoms with E-state index >= 15 is 0 Å². The molecule has 0 bridgehead atoms. The lowest BCUT2D eigenvalue weighted by Crippen LogP contribution is -2.33. The van der Waals surface area contributed by atoms with Crippen LogP contribution < -0.4 is 0 Å². The first-order valence-electron chi connectivity index (χ1n) is 5.54. The molecule has 0 aromatic rings. The van der Waals surface area contributed by atoms with E-state index in [9.17, 15) is 0 Å². The van der Waals surface area contributed by atoms with Gasteiger partial charge in [0.05, 0.1) is 0 Å². The minimum Gasteiger partial charge on any atom is -0.375 e. The molecule has 1 nitrogen and oxygen atoms in total. The maximum atomic E-state index is 4.16. The Kier molecular flexibility index (Phi) is 3.83. The minimum atomic E-state index is 0.590. The Balaban J connectivity index is 2.45. The zero-order valence-electron chi connectivity index (χ0n) is 9.34. The van der Waals surface area contributed by atoms with Gasteiger partial charge in [0.25, 0.3) is 0 Å². The van der Waals surface area contributed by atoms with Crippen molar-refractivity contribution in [3.8, 4) is 0 Å². The quantitative estimate of drug-likeness (QED) is 0.645. The van der Waals surface area contributed by atoms with Crippen LogP contribution in [0.5, 0.6) is 0 Å². The molecule has 1 aliphatic carbocycles. The first-order chi connectivity index (χ1) is 6.13. The molecule has 0 saturated heterocycles. The molecule has 0 spiro atoms. The van der Waals surface area contributed by atoms with Gasteiger partial charge in [-0.05, 0) is 18.8 Å². The molecule has 1 heteroatoms. The van der Waals surface area contributed by atoms with Gasteiger partial charge in [-0.15, -0.1) is 0 Å². The molecular weight excluding hydrogens is 158 g/mol. The maximum Gasteiger partial charge on any atom is 0.0283 e. The molecule has 1 rings (SSSR count). The Labute approximate surface area is 82.8 Å². The van der Waals surface area contributed by atoms with Crippen molar-refractivity contribution in [3.63, 3.8) is 0 Å². The van der Waals surface area contributed by atoms with Gasteiger partial charge in [0, 0.05) is 18.8 Å². The lowest BCUT2D eigenvalue weighted by Gasteiger charge is -2.35. The second-order valence-electron chi connectivity index (χ2n) is 4.55. The van der Waals surface area contributed by atoms with Gasteiger partial charge in [0.2, 0.25) is 0 Å². The summed E-state index contributed by atoms with van der Waals surface area (Å²) in [6.45, 7) is 8.60. The monoisotopic (exact) mass is 181 g/mol. The highest BCUT2D eigenvalue weighted by Gasteiger charge is 2.19. The number of hydrogen-bond acceptors (Lipinski definition) is 1. The predicted molar refractivity (Wildman–Crippen MR) is 58.6 cm³/mol. The molecule has 1 fully saturated rings. The minimum absolute atomic E-state index is 0.590. The molecular formula is C12H23N. The van der Waals surface area contributed by atoms with Gasteiger partial charge in [0.15, 0.2) is 0 Å². The summed E-state index contributed by atoms with van der Waals surface area (Å²) >= 11 is 0. The number of rotatable bonds is 3. The topological polar surface area (TPSA) is 3.24 Å². The van der Waals surface area contributed by atoms with Crippen LogP contribution in [0, 0.1) is 5.92 Å². The second kappa shape index (κ2) is 4.69. The normalized spacial score (nSPS) is 19.1. The molecule has 0 atom stereocenters. The SMILES string of the molecule is C=C(C(C)C)N(C)C1CCCCC1. The average molecular weight is 181 g/mol. The molecule has 1 aliphatic rings. The van der Waals surface area contributed by atoms with Crippen molar-refractivity contribution in [1.29, 1.82) is 0 Å². The summed E-state index contributed by atoms with van der Waals surface area (Å²) in [5.41, 5.74) is 1.30. The first-order valence-corrected chi connectivity index (χ1v) is 5.54. The van der Waals surface area contributed by atoms with E-state index in [0.29, 0.717) is 5.92 Å². The van der Waals surface area contributed by atoms with Gasteiger partial charge in [-0.25, -0.2) is 0 Å². The molecule has 76 valence electrons. The van der Waals surface area contributed by atoms with Crippen LogP contribution in [0.4, 0.5) is 0 Å². The van der Waals surface area contributed by atoms with Gasteiger partial charge < -0.3 is 4.90 Å². The fourth-order valence-corrected chi connectivity index (χ4v) is 2.11. The lowest BCUT2D eigenvalue weighted by atomic mass is 9.93. The molecule has 0 aromatic heterocycles. The van der Waals surface area contributed by atoms with Crippen molar-refractivity contribution in [2.75, 3.05) is 7.05 Å². The second-order valence-corrected chi connectivity index (χ2v) is 4.55. The molecule has 0 unspecified atom stereocenters. The highest BCUT2D eigenvalue weighted by Crippen LogP contribution is 2.25. The van der Waals surface area contributed by atoms with Gasteiger partial charge in [-0.3, -0.25) is 0 Å². The van der Waals surface area contributed by atoms with Crippen LogP contribution in [-0.4, -0.2) is 18.0 Å². The first kappa shape index (κ1) is 10.6. The lowest BCUT2D eigenvalue weighted by molar-refractivity contribution is 0.221. The van der Waals surface area contributed by atoms with E-state index in [1.807, 2.05) is 0 Å². The third-order valence-electron chi connectivity index (χ3n) is 3.24. The summed E-state index contributed by atoms with van der Waals surface area (Å²) < 4.78 is 0. The van der Waals surface area contributed by atoms with Crippen LogP contribution in [0.3, 0.4) is 0 Å². The van der Waals surface area contributed by atoms with Gasteiger partial charge in [-0.1, -0.05) is 39.7 Å². The summed E-state index contributed by atoms with van der Waals surface area (Å²) in [4.78, 5) is 2.41. The van der Waals surface area contributed by atoms with E-state index in [-0.39, 0.29) is 0 Å². The Morgan fingerprint density at radius 3 is 2.23 bits per heavy atom. The van der Waals surface area contributed by atoms with Crippen LogP contribution in [0.25, 0.3) is 0 Å². The van der Waals surface area contributed by atoms with Gasteiger partial charge in [-0.2, -0.15) is 0 Å². The molecule has 0 amide bonds. The van der Waals surface area contributed by atoms with Crippen LogP contribution in [0.15, 0.2) is 12.3 Å². The summed E-state index contributed by atoms with van der Waals surface area (Å²) in [6, 6.07) is 0.767. The number of hydrogen-bond donors (Lipinski definition) is 0. The smallest absolute Gasteiger partial charge is 0.0283 e. The van der Waals surface area contributed by atoms with Crippen molar-refractivity contribution < 1.29 is 0 Å². The van der Waals surface area contributed by atoms with Gasteiger partial charge >= 0.3 is 0 Å². The standard InChI is InChI=1S/C12H23N/c1-10(2)11(3)13(4)12-8-6-5-7-9-12/h10,12H,3,5-9H2,1-2,4H3. The van der Waals surface area contributed by atoms with Crippen molar-refractivity contribution in [3.05, 3.63) is 12.3 Å². The number of allylic oxidation sites excluding steroid dienone is 1. The molecule has 0 aromatic carbocycles. The van der Waals surface area contributed by atoms with Gasteiger partial charge in [0.1, 0.15) is 0 Å². The molecule has 13 heavy (non-hydrogen) atoms. The van der Waals surface area contributed by atoms with Crippen molar-refractivity contribution in [2.45, 2.75) is 52.0 Å². The zero-order valence-corrected chi connectivity index (χ0v) is 9.34. The average Bonchev–Trinajstić information content (AvgIpc) is 2.17. The van der Waals surface area contributed by atoms with E-state index in [4.69, 9.17) is 0 Å². The Hall–Kier alpha value is -0.460.